The fraction of sp³-hybridized carbons (Fsp3) is 0.700. The van der Waals surface area contributed by atoms with E-state index in [1.807, 2.05) is 11.6 Å². The molecule has 2 nitrogen and oxygen atoms in total. The van der Waals surface area contributed by atoms with Crippen LogP contribution >= 0.6 is 11.3 Å². The average Bonchev–Trinajstić information content (AvgIpc) is 2.42. The van der Waals surface area contributed by atoms with Crippen LogP contribution in [0.5, 0.6) is 0 Å². The number of nitrogens with zero attached hydrogens (tertiary/aromatic N) is 1. The van der Waals surface area contributed by atoms with Crippen molar-refractivity contribution in [1.82, 2.24) is 4.57 Å². The molecule has 0 spiro atoms. The lowest BCUT2D eigenvalue weighted by molar-refractivity contribution is 0.439. The number of hydrogen-bond acceptors (Lipinski definition) is 2. The Labute approximate surface area is 82.2 Å². The molecule has 0 saturated heterocycles. The molecular weight excluding hydrogens is 182 g/mol. The molecule has 1 unspecified atom stereocenters. The summed E-state index contributed by atoms with van der Waals surface area (Å²) >= 11 is 1.44. The lowest BCUT2D eigenvalue weighted by atomic mass is 9.89. The zero-order valence-electron chi connectivity index (χ0n) is 8.17. The van der Waals surface area contributed by atoms with E-state index in [0.717, 1.165) is 18.8 Å². The fourth-order valence-electron chi connectivity index (χ4n) is 2.05. The smallest absolute Gasteiger partial charge is 0.306 e. The number of fused-ring (bicyclic) bond motifs is 1. The van der Waals surface area contributed by atoms with Gasteiger partial charge in [-0.1, -0.05) is 24.7 Å². The fourth-order valence-corrected chi connectivity index (χ4v) is 3.18. The molecule has 0 bridgehead atoms. The Bertz CT molecular complexity index is 363. The SMILES string of the molecule is CCC1CCc2c(sc(=O)n2C)C1. The average molecular weight is 197 g/mol. The molecule has 0 aliphatic heterocycles. The van der Waals surface area contributed by atoms with Crippen molar-refractivity contribution in [1.29, 1.82) is 0 Å². The predicted octanol–water partition coefficient (Wildman–Crippen LogP) is 1.96. The first-order valence-corrected chi connectivity index (χ1v) is 5.71. The topological polar surface area (TPSA) is 22.0 Å². The lowest BCUT2D eigenvalue weighted by Gasteiger charge is -2.20. The molecule has 13 heavy (non-hydrogen) atoms. The van der Waals surface area contributed by atoms with Crippen LogP contribution in [0.2, 0.25) is 0 Å². The maximum atomic E-state index is 11.4. The Morgan fingerprint density at radius 2 is 2.38 bits per heavy atom. The van der Waals surface area contributed by atoms with Crippen LogP contribution in [0.4, 0.5) is 0 Å². The van der Waals surface area contributed by atoms with E-state index < -0.39 is 0 Å². The molecule has 1 aromatic heterocycles. The Balaban J connectivity index is 2.36. The minimum absolute atomic E-state index is 0.210. The molecule has 1 heterocycles. The highest BCUT2D eigenvalue weighted by Gasteiger charge is 2.21. The van der Waals surface area contributed by atoms with Crippen LogP contribution < -0.4 is 4.87 Å². The Hall–Kier alpha value is -0.570. The van der Waals surface area contributed by atoms with Crippen molar-refractivity contribution in [2.75, 3.05) is 0 Å². The van der Waals surface area contributed by atoms with E-state index in [4.69, 9.17) is 0 Å². The molecule has 2 rings (SSSR count). The number of thiazole rings is 1. The first kappa shape index (κ1) is 9.00. The Morgan fingerprint density at radius 3 is 3.08 bits per heavy atom. The molecule has 1 aliphatic carbocycles. The van der Waals surface area contributed by atoms with Gasteiger partial charge in [-0.25, -0.2) is 0 Å². The zero-order chi connectivity index (χ0) is 9.42. The van der Waals surface area contributed by atoms with E-state index >= 15 is 0 Å². The number of hydrogen-bond donors (Lipinski definition) is 0. The molecule has 0 radical (unpaired) electrons. The molecule has 1 atom stereocenters. The maximum Gasteiger partial charge on any atom is 0.307 e. The predicted molar refractivity (Wildman–Crippen MR) is 55.4 cm³/mol. The highest BCUT2D eigenvalue weighted by molar-refractivity contribution is 7.09. The van der Waals surface area contributed by atoms with Crippen molar-refractivity contribution in [3.05, 3.63) is 20.2 Å². The summed E-state index contributed by atoms with van der Waals surface area (Å²) < 4.78 is 1.83. The quantitative estimate of drug-likeness (QED) is 0.674. The maximum absolute atomic E-state index is 11.4. The largest absolute Gasteiger partial charge is 0.307 e. The van der Waals surface area contributed by atoms with E-state index in [2.05, 4.69) is 6.92 Å². The van der Waals surface area contributed by atoms with Gasteiger partial charge >= 0.3 is 4.87 Å². The van der Waals surface area contributed by atoms with Crippen molar-refractivity contribution in [2.45, 2.75) is 32.6 Å². The van der Waals surface area contributed by atoms with Gasteiger partial charge in [-0.3, -0.25) is 4.79 Å². The van der Waals surface area contributed by atoms with E-state index in [1.165, 1.54) is 34.7 Å². The molecule has 72 valence electrons. The van der Waals surface area contributed by atoms with E-state index in [1.54, 1.807) is 0 Å². The van der Waals surface area contributed by atoms with Gasteiger partial charge in [0.2, 0.25) is 0 Å². The Kier molecular flexibility index (Phi) is 2.28. The zero-order valence-corrected chi connectivity index (χ0v) is 8.99. The first-order valence-electron chi connectivity index (χ1n) is 4.90. The van der Waals surface area contributed by atoms with E-state index in [9.17, 15) is 4.79 Å². The van der Waals surface area contributed by atoms with Gasteiger partial charge < -0.3 is 4.57 Å². The minimum Gasteiger partial charge on any atom is -0.306 e. The van der Waals surface area contributed by atoms with Gasteiger partial charge in [0.1, 0.15) is 0 Å². The standard InChI is InChI=1S/C10H15NOS/c1-3-7-4-5-8-9(6-7)13-10(12)11(8)2/h7H,3-6H2,1-2H3. The minimum atomic E-state index is 0.210. The van der Waals surface area contributed by atoms with Crippen LogP contribution in [-0.2, 0) is 19.9 Å². The molecule has 0 aromatic carbocycles. The monoisotopic (exact) mass is 197 g/mol. The van der Waals surface area contributed by atoms with Crippen molar-refractivity contribution < 1.29 is 0 Å². The van der Waals surface area contributed by atoms with Crippen LogP contribution in [0.1, 0.15) is 30.3 Å². The van der Waals surface area contributed by atoms with Crippen LogP contribution in [-0.4, -0.2) is 4.57 Å². The van der Waals surface area contributed by atoms with Crippen LogP contribution in [0.15, 0.2) is 4.79 Å². The summed E-state index contributed by atoms with van der Waals surface area (Å²) in [4.78, 5) is 12.9. The summed E-state index contributed by atoms with van der Waals surface area (Å²) in [6, 6.07) is 0. The van der Waals surface area contributed by atoms with Gasteiger partial charge in [-0.05, 0) is 25.2 Å². The van der Waals surface area contributed by atoms with Gasteiger partial charge in [0.25, 0.3) is 0 Å². The molecule has 1 aromatic rings. The second-order valence-corrected chi connectivity index (χ2v) is 4.86. The summed E-state index contributed by atoms with van der Waals surface area (Å²) in [5, 5.41) is 0. The second-order valence-electron chi connectivity index (χ2n) is 3.81. The molecule has 3 heteroatoms. The summed E-state index contributed by atoms with van der Waals surface area (Å²) in [6.45, 7) is 2.24. The normalized spacial score (nSPS) is 21.5. The van der Waals surface area contributed by atoms with Crippen LogP contribution in [0, 0.1) is 5.92 Å². The molecule has 0 amide bonds. The third-order valence-corrected chi connectivity index (χ3v) is 4.15. The highest BCUT2D eigenvalue weighted by Crippen LogP contribution is 2.28. The number of aromatic nitrogens is 1. The van der Waals surface area contributed by atoms with Gasteiger partial charge in [0.05, 0.1) is 0 Å². The van der Waals surface area contributed by atoms with Gasteiger partial charge in [-0.2, -0.15) is 0 Å². The second kappa shape index (κ2) is 3.29. The summed E-state index contributed by atoms with van der Waals surface area (Å²) in [5.74, 6) is 0.811. The number of rotatable bonds is 1. The van der Waals surface area contributed by atoms with Gasteiger partial charge in [0.15, 0.2) is 0 Å². The van der Waals surface area contributed by atoms with Crippen molar-refractivity contribution in [3.63, 3.8) is 0 Å². The van der Waals surface area contributed by atoms with Crippen LogP contribution in [0.3, 0.4) is 0 Å². The van der Waals surface area contributed by atoms with E-state index in [-0.39, 0.29) is 4.87 Å². The molecular formula is C10H15NOS. The van der Waals surface area contributed by atoms with Gasteiger partial charge in [0, 0.05) is 17.6 Å². The third kappa shape index (κ3) is 1.46. The van der Waals surface area contributed by atoms with Crippen molar-refractivity contribution >= 4 is 11.3 Å². The Morgan fingerprint density at radius 1 is 1.62 bits per heavy atom. The lowest BCUT2D eigenvalue weighted by Crippen LogP contribution is -2.16. The first-order chi connectivity index (χ1) is 6.22. The van der Waals surface area contributed by atoms with Crippen molar-refractivity contribution in [3.8, 4) is 0 Å². The molecule has 0 N–H and O–H groups in total. The van der Waals surface area contributed by atoms with E-state index in [0.29, 0.717) is 0 Å². The van der Waals surface area contributed by atoms with Gasteiger partial charge in [-0.15, -0.1) is 0 Å². The van der Waals surface area contributed by atoms with Crippen LogP contribution in [0.25, 0.3) is 0 Å². The summed E-state index contributed by atoms with van der Waals surface area (Å²) in [7, 11) is 1.89. The third-order valence-electron chi connectivity index (χ3n) is 3.05. The molecule has 1 aliphatic rings. The van der Waals surface area contributed by atoms with Crippen molar-refractivity contribution in [2.24, 2.45) is 13.0 Å². The highest BCUT2D eigenvalue weighted by atomic mass is 32.1. The summed E-state index contributed by atoms with van der Waals surface area (Å²) in [5.41, 5.74) is 1.29. The molecule has 0 saturated carbocycles. The molecule has 0 fully saturated rings. The summed E-state index contributed by atoms with van der Waals surface area (Å²) in [6.07, 6.45) is 4.73.